The van der Waals surface area contributed by atoms with E-state index >= 15 is 0 Å². The summed E-state index contributed by atoms with van der Waals surface area (Å²) in [6.07, 6.45) is 0.865. The average Bonchev–Trinajstić information content (AvgIpc) is 2.60. The summed E-state index contributed by atoms with van der Waals surface area (Å²) in [5.41, 5.74) is 2.00. The Hall–Kier alpha value is -1.03. The number of amides is 1. The zero-order valence-electron chi connectivity index (χ0n) is 9.37. The normalized spacial score (nSPS) is 20.3. The van der Waals surface area contributed by atoms with Crippen LogP contribution in [-0.2, 0) is 4.79 Å². The number of nitrogens with zero attached hydrogens (tertiary/aromatic N) is 1. The van der Waals surface area contributed by atoms with E-state index in [-0.39, 0.29) is 10.7 Å². The number of hydrogen-bond acceptors (Lipinski definition) is 2. The van der Waals surface area contributed by atoms with E-state index in [1.807, 2.05) is 30.0 Å². The van der Waals surface area contributed by atoms with Gasteiger partial charge in [-0.25, -0.2) is 0 Å². The van der Waals surface area contributed by atoms with Crippen LogP contribution in [0.5, 0.6) is 5.75 Å². The van der Waals surface area contributed by atoms with Gasteiger partial charge in [0.25, 0.3) is 0 Å². The van der Waals surface area contributed by atoms with Gasteiger partial charge in [0, 0.05) is 12.2 Å². The monoisotopic (exact) mass is 283 g/mol. The number of anilines is 1. The van der Waals surface area contributed by atoms with Crippen LogP contribution in [-0.4, -0.2) is 24.4 Å². The van der Waals surface area contributed by atoms with Crippen LogP contribution in [0.3, 0.4) is 0 Å². The van der Waals surface area contributed by atoms with E-state index in [1.165, 1.54) is 0 Å². The Labute approximate surface area is 104 Å². The number of ether oxygens (including phenoxy) is 1. The van der Waals surface area contributed by atoms with Gasteiger partial charge in [0.1, 0.15) is 5.75 Å². The molecule has 0 saturated carbocycles. The van der Waals surface area contributed by atoms with Crippen molar-refractivity contribution in [1.29, 1.82) is 0 Å². The molecule has 16 heavy (non-hydrogen) atoms. The van der Waals surface area contributed by atoms with Crippen LogP contribution in [0.15, 0.2) is 18.2 Å². The van der Waals surface area contributed by atoms with Crippen LogP contribution in [0.25, 0.3) is 0 Å². The van der Waals surface area contributed by atoms with E-state index in [1.54, 1.807) is 7.11 Å². The summed E-state index contributed by atoms with van der Waals surface area (Å²) in [4.78, 5) is 13.6. The van der Waals surface area contributed by atoms with Crippen LogP contribution in [0.4, 0.5) is 5.69 Å². The lowest BCUT2D eigenvalue weighted by molar-refractivity contribution is -0.116. The maximum Gasteiger partial charge on any atom is 0.240 e. The molecule has 1 aliphatic rings. The molecule has 4 heteroatoms. The molecule has 1 saturated heterocycles. The predicted molar refractivity (Wildman–Crippen MR) is 67.4 cm³/mol. The second-order valence-corrected chi connectivity index (χ2v) is 5.01. The number of carbonyl (C=O) groups excluding carboxylic acids is 1. The summed E-state index contributed by atoms with van der Waals surface area (Å²) >= 11 is 3.37. The Balaban J connectivity index is 2.28. The van der Waals surface area contributed by atoms with Gasteiger partial charge in [0.15, 0.2) is 0 Å². The molecule has 0 radical (unpaired) electrons. The standard InChI is InChI=1S/C12H14BrNO2/c1-8-7-9(3-4-11(8)16-2)14-6-5-10(13)12(14)15/h3-4,7,10H,5-6H2,1-2H3. The summed E-state index contributed by atoms with van der Waals surface area (Å²) in [5.74, 6) is 0.996. The third kappa shape index (κ3) is 1.94. The fraction of sp³-hybridized carbons (Fsp3) is 0.417. The number of benzene rings is 1. The fourth-order valence-corrected chi connectivity index (χ4v) is 2.38. The van der Waals surface area contributed by atoms with Gasteiger partial charge in [-0.05, 0) is 37.1 Å². The Morgan fingerprint density at radius 3 is 2.75 bits per heavy atom. The van der Waals surface area contributed by atoms with Gasteiger partial charge in [-0.3, -0.25) is 4.79 Å². The SMILES string of the molecule is COc1ccc(N2CCC(Br)C2=O)cc1C. The number of hydrogen-bond donors (Lipinski definition) is 0. The van der Waals surface area contributed by atoms with E-state index in [2.05, 4.69) is 15.9 Å². The highest BCUT2D eigenvalue weighted by Crippen LogP contribution is 2.29. The van der Waals surface area contributed by atoms with E-state index in [9.17, 15) is 4.79 Å². The van der Waals surface area contributed by atoms with Gasteiger partial charge < -0.3 is 9.64 Å². The molecule has 2 rings (SSSR count). The molecule has 86 valence electrons. The van der Waals surface area contributed by atoms with E-state index in [0.29, 0.717) is 0 Å². The highest BCUT2D eigenvalue weighted by atomic mass is 79.9. The summed E-state index contributed by atoms with van der Waals surface area (Å²) in [6, 6.07) is 5.82. The van der Waals surface area contributed by atoms with Crippen molar-refractivity contribution in [2.24, 2.45) is 0 Å². The molecule has 1 amide bonds. The minimum Gasteiger partial charge on any atom is -0.496 e. The van der Waals surface area contributed by atoms with Gasteiger partial charge >= 0.3 is 0 Å². The van der Waals surface area contributed by atoms with E-state index < -0.39 is 0 Å². The number of carbonyl (C=O) groups is 1. The van der Waals surface area contributed by atoms with Gasteiger partial charge in [-0.1, -0.05) is 15.9 Å². The van der Waals surface area contributed by atoms with E-state index in [0.717, 1.165) is 30.0 Å². The van der Waals surface area contributed by atoms with Gasteiger partial charge in [-0.15, -0.1) is 0 Å². The first-order valence-corrected chi connectivity index (χ1v) is 6.15. The first-order valence-electron chi connectivity index (χ1n) is 5.23. The minimum atomic E-state index is -0.0325. The summed E-state index contributed by atoms with van der Waals surface area (Å²) in [7, 11) is 1.65. The maximum atomic E-state index is 11.8. The third-order valence-corrected chi connectivity index (χ3v) is 3.68. The molecule has 1 aromatic carbocycles. The van der Waals surface area contributed by atoms with Crippen molar-refractivity contribution in [1.82, 2.24) is 0 Å². The largest absolute Gasteiger partial charge is 0.496 e. The van der Waals surface area contributed by atoms with Crippen LogP contribution >= 0.6 is 15.9 Å². The van der Waals surface area contributed by atoms with Crippen molar-refractivity contribution < 1.29 is 9.53 Å². The summed E-state index contributed by atoms with van der Waals surface area (Å²) < 4.78 is 5.20. The molecular formula is C12H14BrNO2. The number of halogens is 1. The molecule has 0 spiro atoms. The predicted octanol–water partition coefficient (Wildman–Crippen LogP) is 2.50. The lowest BCUT2D eigenvalue weighted by Gasteiger charge is -2.17. The molecule has 1 fully saturated rings. The van der Waals surface area contributed by atoms with Crippen molar-refractivity contribution in [2.45, 2.75) is 18.2 Å². The van der Waals surface area contributed by atoms with Gasteiger partial charge in [0.05, 0.1) is 11.9 Å². The average molecular weight is 284 g/mol. The summed E-state index contributed by atoms with van der Waals surface area (Å²) in [6.45, 7) is 2.76. The third-order valence-electron chi connectivity index (χ3n) is 2.83. The Morgan fingerprint density at radius 1 is 1.50 bits per heavy atom. The second-order valence-electron chi connectivity index (χ2n) is 3.90. The van der Waals surface area contributed by atoms with Crippen molar-refractivity contribution in [2.75, 3.05) is 18.6 Å². The molecule has 0 bridgehead atoms. The first-order chi connectivity index (χ1) is 7.63. The van der Waals surface area contributed by atoms with Crippen LogP contribution in [0, 0.1) is 6.92 Å². The maximum absolute atomic E-state index is 11.8. The van der Waals surface area contributed by atoms with Crippen molar-refractivity contribution >= 4 is 27.5 Å². The zero-order valence-corrected chi connectivity index (χ0v) is 11.0. The Bertz CT molecular complexity index is 419. The molecule has 1 atom stereocenters. The molecule has 1 unspecified atom stereocenters. The Morgan fingerprint density at radius 2 is 2.25 bits per heavy atom. The number of methoxy groups -OCH3 is 1. The molecule has 1 heterocycles. The Kier molecular flexibility index (Phi) is 3.19. The van der Waals surface area contributed by atoms with Crippen molar-refractivity contribution in [3.05, 3.63) is 23.8 Å². The smallest absolute Gasteiger partial charge is 0.240 e. The fourth-order valence-electron chi connectivity index (χ4n) is 1.93. The van der Waals surface area contributed by atoms with Gasteiger partial charge in [0.2, 0.25) is 5.91 Å². The highest BCUT2D eigenvalue weighted by molar-refractivity contribution is 9.10. The van der Waals surface area contributed by atoms with Crippen LogP contribution < -0.4 is 9.64 Å². The van der Waals surface area contributed by atoms with Crippen molar-refractivity contribution in [3.8, 4) is 5.75 Å². The quantitative estimate of drug-likeness (QED) is 0.781. The van der Waals surface area contributed by atoms with Gasteiger partial charge in [-0.2, -0.15) is 0 Å². The molecular weight excluding hydrogens is 270 g/mol. The minimum absolute atomic E-state index is 0.0325. The first kappa shape index (κ1) is 11.5. The highest BCUT2D eigenvalue weighted by Gasteiger charge is 2.30. The van der Waals surface area contributed by atoms with Crippen molar-refractivity contribution in [3.63, 3.8) is 0 Å². The molecule has 1 aliphatic heterocycles. The molecule has 0 aromatic heterocycles. The number of rotatable bonds is 2. The number of aryl methyl sites for hydroxylation is 1. The lowest BCUT2D eigenvalue weighted by atomic mass is 10.2. The second kappa shape index (κ2) is 4.45. The molecule has 3 nitrogen and oxygen atoms in total. The molecule has 0 aliphatic carbocycles. The topological polar surface area (TPSA) is 29.5 Å². The summed E-state index contributed by atoms with van der Waals surface area (Å²) in [5, 5.41) is 0. The lowest BCUT2D eigenvalue weighted by Crippen LogP contribution is -2.27. The van der Waals surface area contributed by atoms with Crippen LogP contribution in [0.2, 0.25) is 0 Å². The molecule has 1 aromatic rings. The van der Waals surface area contributed by atoms with E-state index in [4.69, 9.17) is 4.74 Å². The zero-order chi connectivity index (χ0) is 11.7. The number of alkyl halides is 1. The molecule has 0 N–H and O–H groups in total. The van der Waals surface area contributed by atoms with Crippen LogP contribution in [0.1, 0.15) is 12.0 Å².